The van der Waals surface area contributed by atoms with Crippen LogP contribution in [-0.4, -0.2) is 47.9 Å². The standard InChI is InChI=1S/C26H27N5O5S2/c1-16-29-24-18(9-11-38(27,35)36)12-19(22-15-30(2)26(32)25-21(22)8-10-28-25)13-23(24)31(16)14-17-4-6-20(7-5-17)37(3,33)34/h4-8,10,12-13,15,28H,9,11,14H2,1-3H3,(H2,27,35,36). The lowest BCUT2D eigenvalue weighted by Gasteiger charge is -2.12. The smallest absolute Gasteiger partial charge is 0.274 e. The number of benzene rings is 2. The molecule has 5 aromatic rings. The van der Waals surface area contributed by atoms with E-state index in [4.69, 9.17) is 10.1 Å². The highest BCUT2D eigenvalue weighted by molar-refractivity contribution is 7.90. The van der Waals surface area contributed by atoms with Gasteiger partial charge in [0.05, 0.1) is 21.7 Å². The maximum atomic E-state index is 12.6. The molecular formula is C26H27N5O5S2. The molecule has 3 aromatic heterocycles. The summed E-state index contributed by atoms with van der Waals surface area (Å²) < 4.78 is 50.8. The van der Waals surface area contributed by atoms with E-state index >= 15 is 0 Å². The summed E-state index contributed by atoms with van der Waals surface area (Å²) in [4.78, 5) is 20.6. The summed E-state index contributed by atoms with van der Waals surface area (Å²) in [5.41, 5.74) is 4.99. The van der Waals surface area contributed by atoms with Crippen molar-refractivity contribution in [2.75, 3.05) is 12.0 Å². The van der Waals surface area contributed by atoms with Crippen LogP contribution in [0.25, 0.3) is 33.1 Å². The van der Waals surface area contributed by atoms with Gasteiger partial charge >= 0.3 is 0 Å². The van der Waals surface area contributed by atoms with Gasteiger partial charge in [0, 0.05) is 43.2 Å². The van der Waals surface area contributed by atoms with Crippen molar-refractivity contribution >= 4 is 41.8 Å². The molecule has 0 saturated heterocycles. The molecule has 0 aliphatic rings. The number of fused-ring (bicyclic) bond motifs is 2. The van der Waals surface area contributed by atoms with Gasteiger partial charge < -0.3 is 14.1 Å². The van der Waals surface area contributed by atoms with Crippen molar-refractivity contribution in [2.45, 2.75) is 24.8 Å². The fourth-order valence-electron chi connectivity index (χ4n) is 4.73. The number of primary sulfonamides is 1. The SMILES string of the molecule is Cc1nc2c(CCS(N)(=O)=O)cc(-c3cn(C)c(=O)c4[nH]ccc34)cc2n1Cc1ccc(S(C)(=O)=O)cc1. The summed E-state index contributed by atoms with van der Waals surface area (Å²) >= 11 is 0. The van der Waals surface area contributed by atoms with E-state index in [1.165, 1.54) is 10.8 Å². The number of sulfone groups is 1. The lowest BCUT2D eigenvalue weighted by molar-refractivity contribution is 0.596. The number of nitrogens with two attached hydrogens (primary N) is 1. The summed E-state index contributed by atoms with van der Waals surface area (Å²) in [5.74, 6) is 0.477. The van der Waals surface area contributed by atoms with Gasteiger partial charge in [0.2, 0.25) is 10.0 Å². The first kappa shape index (κ1) is 25.9. The van der Waals surface area contributed by atoms with Gasteiger partial charge in [-0.05, 0) is 60.4 Å². The fraction of sp³-hybridized carbons (Fsp3) is 0.231. The van der Waals surface area contributed by atoms with Crippen molar-refractivity contribution in [1.82, 2.24) is 19.1 Å². The number of aromatic nitrogens is 4. The fourth-order valence-corrected chi connectivity index (χ4v) is 5.87. The van der Waals surface area contributed by atoms with E-state index in [0.29, 0.717) is 23.4 Å². The van der Waals surface area contributed by atoms with E-state index in [0.717, 1.165) is 33.2 Å². The van der Waals surface area contributed by atoms with Crippen LogP contribution >= 0.6 is 0 Å². The Morgan fingerprint density at radius 2 is 1.76 bits per heavy atom. The second kappa shape index (κ2) is 9.22. The average Bonchev–Trinajstić information content (AvgIpc) is 3.45. The molecule has 198 valence electrons. The van der Waals surface area contributed by atoms with Crippen LogP contribution in [-0.2, 0) is 39.9 Å². The molecule has 0 fully saturated rings. The number of hydrogen-bond acceptors (Lipinski definition) is 6. The molecule has 2 aromatic carbocycles. The zero-order valence-corrected chi connectivity index (χ0v) is 22.7. The molecule has 0 aliphatic carbocycles. The molecule has 0 atom stereocenters. The van der Waals surface area contributed by atoms with E-state index in [1.54, 1.807) is 43.7 Å². The van der Waals surface area contributed by atoms with Gasteiger partial charge in [-0.15, -0.1) is 0 Å². The van der Waals surface area contributed by atoms with Gasteiger partial charge in [0.25, 0.3) is 5.56 Å². The largest absolute Gasteiger partial charge is 0.357 e. The van der Waals surface area contributed by atoms with Crippen molar-refractivity contribution in [3.63, 3.8) is 0 Å². The van der Waals surface area contributed by atoms with Crippen LogP contribution in [0.4, 0.5) is 0 Å². The Balaban J connectivity index is 1.70. The van der Waals surface area contributed by atoms with Crippen LogP contribution in [0.3, 0.4) is 0 Å². The van der Waals surface area contributed by atoms with Crippen LogP contribution in [0.2, 0.25) is 0 Å². The minimum atomic E-state index is -3.71. The highest BCUT2D eigenvalue weighted by atomic mass is 32.2. The summed E-state index contributed by atoms with van der Waals surface area (Å²) in [6.07, 6.45) is 4.82. The first-order valence-corrected chi connectivity index (χ1v) is 15.4. The Bertz CT molecular complexity index is 1980. The molecule has 38 heavy (non-hydrogen) atoms. The number of H-pyrrole nitrogens is 1. The number of pyridine rings is 1. The number of sulfonamides is 1. The Hall–Kier alpha value is -3.74. The molecule has 0 radical (unpaired) electrons. The third-order valence-corrected chi connectivity index (χ3v) is 8.58. The Morgan fingerprint density at radius 3 is 2.42 bits per heavy atom. The zero-order chi connectivity index (χ0) is 27.4. The third-order valence-electron chi connectivity index (χ3n) is 6.68. The maximum Gasteiger partial charge on any atom is 0.274 e. The van der Waals surface area contributed by atoms with Gasteiger partial charge in [-0.2, -0.15) is 0 Å². The number of aryl methyl sites for hydroxylation is 3. The number of nitrogens with zero attached hydrogens (tertiary/aromatic N) is 3. The normalized spacial score (nSPS) is 12.5. The lowest BCUT2D eigenvalue weighted by Crippen LogP contribution is -2.18. The topological polar surface area (TPSA) is 150 Å². The van der Waals surface area contributed by atoms with Crippen LogP contribution in [0.5, 0.6) is 0 Å². The first-order chi connectivity index (χ1) is 17.8. The summed E-state index contributed by atoms with van der Waals surface area (Å²) in [6.45, 7) is 2.29. The molecule has 0 saturated carbocycles. The molecule has 10 nitrogen and oxygen atoms in total. The second-order valence-corrected chi connectivity index (χ2v) is 13.3. The Morgan fingerprint density at radius 1 is 1.05 bits per heavy atom. The van der Waals surface area contributed by atoms with Crippen LogP contribution in [0.15, 0.2) is 64.5 Å². The predicted molar refractivity (Wildman–Crippen MR) is 147 cm³/mol. The van der Waals surface area contributed by atoms with Crippen molar-refractivity contribution in [1.29, 1.82) is 0 Å². The molecule has 0 spiro atoms. The van der Waals surface area contributed by atoms with Gasteiger partial charge in [-0.3, -0.25) is 4.79 Å². The molecule has 0 aliphatic heterocycles. The van der Waals surface area contributed by atoms with Crippen molar-refractivity contribution in [3.05, 3.63) is 82.2 Å². The third kappa shape index (κ3) is 4.89. The molecule has 0 unspecified atom stereocenters. The zero-order valence-electron chi connectivity index (χ0n) is 21.1. The lowest BCUT2D eigenvalue weighted by atomic mass is 9.99. The molecule has 12 heteroatoms. The predicted octanol–water partition coefficient (Wildman–Crippen LogP) is 2.47. The van der Waals surface area contributed by atoms with E-state index in [1.807, 2.05) is 29.7 Å². The maximum absolute atomic E-state index is 12.6. The molecule has 5 rings (SSSR count). The number of aromatic amines is 1. The average molecular weight is 554 g/mol. The highest BCUT2D eigenvalue weighted by Crippen LogP contribution is 2.32. The number of hydrogen-bond donors (Lipinski definition) is 2. The summed E-state index contributed by atoms with van der Waals surface area (Å²) in [5, 5.41) is 6.07. The monoisotopic (exact) mass is 553 g/mol. The Kier molecular flexibility index (Phi) is 6.28. The summed E-state index contributed by atoms with van der Waals surface area (Å²) in [7, 11) is -5.34. The number of nitrogens with one attached hydrogen (secondary N) is 1. The molecular weight excluding hydrogens is 526 g/mol. The van der Waals surface area contributed by atoms with E-state index in [2.05, 4.69) is 4.98 Å². The first-order valence-electron chi connectivity index (χ1n) is 11.8. The molecule has 3 N–H and O–H groups in total. The second-order valence-electron chi connectivity index (χ2n) is 9.51. The van der Waals surface area contributed by atoms with Crippen molar-refractivity contribution in [2.24, 2.45) is 12.2 Å². The van der Waals surface area contributed by atoms with Crippen LogP contribution in [0.1, 0.15) is 17.0 Å². The quantitative estimate of drug-likeness (QED) is 0.316. The summed E-state index contributed by atoms with van der Waals surface area (Å²) in [6, 6.07) is 12.4. The molecule has 0 amide bonds. The van der Waals surface area contributed by atoms with Crippen LogP contribution in [0, 0.1) is 6.92 Å². The van der Waals surface area contributed by atoms with Crippen LogP contribution < -0.4 is 10.7 Å². The van der Waals surface area contributed by atoms with Gasteiger partial charge in [0.15, 0.2) is 9.84 Å². The van der Waals surface area contributed by atoms with Gasteiger partial charge in [-0.25, -0.2) is 27.0 Å². The minimum absolute atomic E-state index is 0.150. The van der Waals surface area contributed by atoms with E-state index < -0.39 is 19.9 Å². The van der Waals surface area contributed by atoms with Gasteiger partial charge in [-0.1, -0.05) is 12.1 Å². The minimum Gasteiger partial charge on any atom is -0.357 e. The van der Waals surface area contributed by atoms with Gasteiger partial charge in [0.1, 0.15) is 11.3 Å². The number of imidazole rings is 1. The molecule has 0 bridgehead atoms. The van der Waals surface area contributed by atoms with E-state index in [9.17, 15) is 21.6 Å². The number of rotatable bonds is 7. The highest BCUT2D eigenvalue weighted by Gasteiger charge is 2.18. The van der Waals surface area contributed by atoms with Crippen molar-refractivity contribution in [3.8, 4) is 11.1 Å². The van der Waals surface area contributed by atoms with E-state index in [-0.39, 0.29) is 22.6 Å². The van der Waals surface area contributed by atoms with Crippen molar-refractivity contribution < 1.29 is 16.8 Å². The Labute approximate surface area is 219 Å². The molecule has 3 heterocycles.